The second kappa shape index (κ2) is 5.14. The first-order valence-electron chi connectivity index (χ1n) is 5.48. The second-order valence-corrected chi connectivity index (χ2v) is 5.70. The minimum absolute atomic E-state index is 0.152. The van der Waals surface area contributed by atoms with E-state index in [-0.39, 0.29) is 4.90 Å². The van der Waals surface area contributed by atoms with E-state index < -0.39 is 10.0 Å². The maximum absolute atomic E-state index is 11.2. The van der Waals surface area contributed by atoms with Gasteiger partial charge in [0.25, 0.3) is 0 Å². The van der Waals surface area contributed by atoms with Crippen molar-refractivity contribution in [2.45, 2.75) is 23.9 Å². The summed E-state index contributed by atoms with van der Waals surface area (Å²) < 4.78 is 27.6. The molecule has 3 N–H and O–H groups in total. The molecule has 6 heteroatoms. The lowest BCUT2D eigenvalue weighted by molar-refractivity contribution is 0.190. The predicted octanol–water partition coefficient (Wildman–Crippen LogP) is 0.213. The molecule has 0 saturated carbocycles. The smallest absolute Gasteiger partial charge is 0.238 e. The van der Waals surface area contributed by atoms with Crippen molar-refractivity contribution in [2.24, 2.45) is 5.14 Å². The van der Waals surface area contributed by atoms with Crippen LogP contribution in [0.5, 0.6) is 0 Å². The molecule has 0 amide bonds. The van der Waals surface area contributed by atoms with Gasteiger partial charge in [0.15, 0.2) is 0 Å². The number of benzene rings is 1. The molecule has 0 aromatic heterocycles. The van der Waals surface area contributed by atoms with E-state index in [0.717, 1.165) is 25.2 Å². The number of hydrogen-bond acceptors (Lipinski definition) is 4. The van der Waals surface area contributed by atoms with Gasteiger partial charge in [0.05, 0.1) is 11.5 Å². The van der Waals surface area contributed by atoms with Gasteiger partial charge in [-0.1, -0.05) is 12.1 Å². The topological polar surface area (TPSA) is 81.4 Å². The number of nitrogens with two attached hydrogens (primary N) is 1. The average Bonchev–Trinajstić information content (AvgIpc) is 2.78. The molecule has 5 nitrogen and oxygen atoms in total. The zero-order valence-electron chi connectivity index (χ0n) is 9.43. The fourth-order valence-electron chi connectivity index (χ4n) is 1.79. The molecule has 1 aliphatic rings. The maximum atomic E-state index is 11.2. The Balaban J connectivity index is 2.01. The number of hydrogen-bond donors (Lipinski definition) is 2. The molecule has 94 valence electrons. The molecular weight excluding hydrogens is 240 g/mol. The van der Waals surface area contributed by atoms with Crippen molar-refractivity contribution in [3.8, 4) is 0 Å². The molecule has 0 bridgehead atoms. The normalized spacial score (nSPS) is 20.6. The Hall–Kier alpha value is -0.950. The molecule has 1 fully saturated rings. The van der Waals surface area contributed by atoms with Crippen LogP contribution in [0.25, 0.3) is 0 Å². The summed E-state index contributed by atoms with van der Waals surface area (Å²) >= 11 is 0. The van der Waals surface area contributed by atoms with Gasteiger partial charge < -0.3 is 10.1 Å². The highest BCUT2D eigenvalue weighted by Gasteiger charge is 2.14. The van der Waals surface area contributed by atoms with Crippen molar-refractivity contribution in [2.75, 3.05) is 13.2 Å². The third-order valence-electron chi connectivity index (χ3n) is 2.75. The molecule has 1 saturated heterocycles. The summed E-state index contributed by atoms with van der Waals surface area (Å²) in [6.45, 7) is 2.13. The van der Waals surface area contributed by atoms with E-state index in [4.69, 9.17) is 9.88 Å². The molecule has 1 aliphatic heterocycles. The van der Waals surface area contributed by atoms with Gasteiger partial charge in [-0.25, -0.2) is 13.6 Å². The van der Waals surface area contributed by atoms with Crippen LogP contribution in [0.2, 0.25) is 0 Å². The lowest BCUT2D eigenvalue weighted by Gasteiger charge is -2.10. The lowest BCUT2D eigenvalue weighted by atomic mass is 10.2. The Morgan fingerprint density at radius 1 is 1.47 bits per heavy atom. The van der Waals surface area contributed by atoms with E-state index in [1.807, 2.05) is 6.07 Å². The van der Waals surface area contributed by atoms with Crippen molar-refractivity contribution >= 4 is 10.0 Å². The van der Waals surface area contributed by atoms with Crippen molar-refractivity contribution in [3.63, 3.8) is 0 Å². The van der Waals surface area contributed by atoms with Crippen LogP contribution in [0, 0.1) is 0 Å². The highest BCUT2D eigenvalue weighted by Crippen LogP contribution is 2.11. The third-order valence-corrected chi connectivity index (χ3v) is 3.66. The van der Waals surface area contributed by atoms with Crippen LogP contribution < -0.4 is 10.5 Å². The first kappa shape index (κ1) is 12.5. The van der Waals surface area contributed by atoms with E-state index in [0.29, 0.717) is 12.6 Å². The molecule has 1 aromatic carbocycles. The van der Waals surface area contributed by atoms with Gasteiger partial charge >= 0.3 is 0 Å². The van der Waals surface area contributed by atoms with Crippen LogP contribution in [0.4, 0.5) is 0 Å². The van der Waals surface area contributed by atoms with Gasteiger partial charge in [0.2, 0.25) is 10.0 Å². The number of sulfonamides is 1. The van der Waals surface area contributed by atoms with Gasteiger partial charge in [-0.05, 0) is 24.1 Å². The highest BCUT2D eigenvalue weighted by molar-refractivity contribution is 7.89. The molecule has 1 aromatic rings. The van der Waals surface area contributed by atoms with Crippen molar-refractivity contribution < 1.29 is 13.2 Å². The Kier molecular flexibility index (Phi) is 3.78. The Morgan fingerprint density at radius 3 is 2.94 bits per heavy atom. The van der Waals surface area contributed by atoms with Gasteiger partial charge in [0, 0.05) is 19.2 Å². The van der Waals surface area contributed by atoms with E-state index >= 15 is 0 Å². The summed E-state index contributed by atoms with van der Waals surface area (Å²) in [5, 5.41) is 8.39. The molecular formula is C11H16N2O3S. The summed E-state index contributed by atoms with van der Waals surface area (Å²) in [4.78, 5) is 0.152. The zero-order valence-corrected chi connectivity index (χ0v) is 10.2. The van der Waals surface area contributed by atoms with Gasteiger partial charge in [0.1, 0.15) is 0 Å². The van der Waals surface area contributed by atoms with Crippen LogP contribution >= 0.6 is 0 Å². The number of primary sulfonamides is 1. The minimum Gasteiger partial charge on any atom is -0.380 e. The summed E-state index contributed by atoms with van der Waals surface area (Å²) in [5.41, 5.74) is 0.906. The SMILES string of the molecule is NS(=O)(=O)c1cccc(CNC2CCOC2)c1. The van der Waals surface area contributed by atoms with E-state index in [9.17, 15) is 8.42 Å². The fourth-order valence-corrected chi connectivity index (χ4v) is 2.37. The summed E-state index contributed by atoms with van der Waals surface area (Å²) in [6, 6.07) is 7.02. The van der Waals surface area contributed by atoms with Crippen molar-refractivity contribution in [3.05, 3.63) is 29.8 Å². The quantitative estimate of drug-likeness (QED) is 0.807. The number of rotatable bonds is 4. The predicted molar refractivity (Wildman–Crippen MR) is 63.9 cm³/mol. The monoisotopic (exact) mass is 256 g/mol. The Morgan fingerprint density at radius 2 is 2.29 bits per heavy atom. The van der Waals surface area contributed by atoms with E-state index in [1.165, 1.54) is 6.07 Å². The lowest BCUT2D eigenvalue weighted by Crippen LogP contribution is -2.28. The van der Waals surface area contributed by atoms with Gasteiger partial charge in [-0.15, -0.1) is 0 Å². The van der Waals surface area contributed by atoms with Crippen molar-refractivity contribution in [1.82, 2.24) is 5.32 Å². The van der Waals surface area contributed by atoms with Crippen LogP contribution in [0.3, 0.4) is 0 Å². The van der Waals surface area contributed by atoms with Crippen LogP contribution in [0.1, 0.15) is 12.0 Å². The van der Waals surface area contributed by atoms with E-state index in [2.05, 4.69) is 5.32 Å². The fraction of sp³-hybridized carbons (Fsp3) is 0.455. The van der Waals surface area contributed by atoms with E-state index in [1.54, 1.807) is 12.1 Å². The van der Waals surface area contributed by atoms with Crippen LogP contribution in [-0.4, -0.2) is 27.7 Å². The molecule has 1 heterocycles. The first-order chi connectivity index (χ1) is 8.05. The Labute approximate surface area is 101 Å². The molecule has 0 aliphatic carbocycles. The summed E-state index contributed by atoms with van der Waals surface area (Å²) in [5.74, 6) is 0. The second-order valence-electron chi connectivity index (χ2n) is 4.13. The first-order valence-corrected chi connectivity index (χ1v) is 7.03. The van der Waals surface area contributed by atoms with Gasteiger partial charge in [-0.3, -0.25) is 0 Å². The minimum atomic E-state index is -3.62. The summed E-state index contributed by atoms with van der Waals surface area (Å²) in [6.07, 6.45) is 0.995. The highest BCUT2D eigenvalue weighted by atomic mass is 32.2. The molecule has 1 atom stereocenters. The largest absolute Gasteiger partial charge is 0.380 e. The molecule has 2 rings (SSSR count). The number of nitrogens with one attached hydrogen (secondary N) is 1. The number of ether oxygens (including phenoxy) is 1. The zero-order chi connectivity index (χ0) is 12.3. The molecule has 17 heavy (non-hydrogen) atoms. The third kappa shape index (κ3) is 3.50. The molecule has 0 spiro atoms. The van der Waals surface area contributed by atoms with Gasteiger partial charge in [-0.2, -0.15) is 0 Å². The maximum Gasteiger partial charge on any atom is 0.238 e. The van der Waals surface area contributed by atoms with Crippen LogP contribution in [0.15, 0.2) is 29.2 Å². The molecule has 0 radical (unpaired) electrons. The average molecular weight is 256 g/mol. The van der Waals surface area contributed by atoms with Crippen LogP contribution in [-0.2, 0) is 21.3 Å². The van der Waals surface area contributed by atoms with Crippen molar-refractivity contribution in [1.29, 1.82) is 0 Å². The standard InChI is InChI=1S/C11H16N2O3S/c12-17(14,15)11-3-1-2-9(6-11)7-13-10-4-5-16-8-10/h1-3,6,10,13H,4-5,7-8H2,(H2,12,14,15). The Bertz CT molecular complexity index is 481. The molecule has 1 unspecified atom stereocenters. The summed E-state index contributed by atoms with van der Waals surface area (Å²) in [7, 11) is -3.62.